The van der Waals surface area contributed by atoms with Gasteiger partial charge in [-0.3, -0.25) is 9.36 Å². The Labute approximate surface area is 172 Å². The summed E-state index contributed by atoms with van der Waals surface area (Å²) in [6, 6.07) is 19.0. The van der Waals surface area contributed by atoms with Gasteiger partial charge in [-0.15, -0.1) is 11.3 Å². The van der Waals surface area contributed by atoms with Crippen molar-refractivity contribution in [3.63, 3.8) is 0 Å². The number of hydrogen-bond acceptors (Lipinski definition) is 4. The molecule has 0 fully saturated rings. The van der Waals surface area contributed by atoms with Crippen LogP contribution >= 0.6 is 11.3 Å². The van der Waals surface area contributed by atoms with Crippen molar-refractivity contribution >= 4 is 28.3 Å². The van der Waals surface area contributed by atoms with Crippen LogP contribution in [0.1, 0.15) is 10.4 Å². The summed E-state index contributed by atoms with van der Waals surface area (Å²) in [4.78, 5) is 31.3. The summed E-state index contributed by atoms with van der Waals surface area (Å²) in [6.45, 7) is 0.854. The van der Waals surface area contributed by atoms with Crippen LogP contribution in [0.4, 0.5) is 0 Å². The Morgan fingerprint density at radius 3 is 2.66 bits per heavy atom. The van der Waals surface area contributed by atoms with E-state index >= 15 is 0 Å². The van der Waals surface area contributed by atoms with Crippen LogP contribution in [0.5, 0.6) is 5.75 Å². The third-order valence-electron chi connectivity index (χ3n) is 4.81. The van der Waals surface area contributed by atoms with Gasteiger partial charge in [-0.05, 0) is 29.6 Å². The van der Waals surface area contributed by atoms with E-state index in [2.05, 4.69) is 4.98 Å². The second-order valence-electron chi connectivity index (χ2n) is 6.67. The lowest BCUT2D eigenvalue weighted by molar-refractivity contribution is -0.133. The van der Waals surface area contributed by atoms with Gasteiger partial charge in [0.25, 0.3) is 0 Å². The van der Waals surface area contributed by atoms with E-state index in [4.69, 9.17) is 4.74 Å². The molecule has 4 aromatic rings. The first-order valence-corrected chi connectivity index (χ1v) is 10.1. The van der Waals surface area contributed by atoms with Gasteiger partial charge in [0.2, 0.25) is 5.91 Å². The van der Waals surface area contributed by atoms with Crippen LogP contribution in [0.15, 0.2) is 70.8 Å². The number of ether oxygens (including phenoxy) is 1. The van der Waals surface area contributed by atoms with E-state index in [1.54, 1.807) is 23.3 Å². The number of hydrogen-bond donors (Lipinski definition) is 1. The van der Waals surface area contributed by atoms with Gasteiger partial charge in [0, 0.05) is 17.0 Å². The minimum absolute atomic E-state index is 0.0244. The lowest BCUT2D eigenvalue weighted by atomic mass is 10.2. The smallest absolute Gasteiger partial charge is 0.326 e. The van der Waals surface area contributed by atoms with E-state index in [0.717, 1.165) is 27.2 Å². The van der Waals surface area contributed by atoms with Gasteiger partial charge in [-0.1, -0.05) is 36.4 Å². The highest BCUT2D eigenvalue weighted by Crippen LogP contribution is 2.22. The number of carbonyl (C=O) groups is 1. The molecule has 0 aliphatic rings. The first-order chi connectivity index (χ1) is 14.2. The van der Waals surface area contributed by atoms with Crippen LogP contribution in [-0.4, -0.2) is 27.5 Å². The quantitative estimate of drug-likeness (QED) is 0.509. The van der Waals surface area contributed by atoms with Crippen molar-refractivity contribution in [2.45, 2.75) is 19.6 Å². The standard InChI is InChI=1S/C22H21N3O3S/c1-28-20-11-5-2-7-16(20)13-24(14-17-8-6-12-29-17)21(26)15-25-19-10-4-3-9-18(19)23-22(25)27/h2-12H,13-15H2,1H3,(H,23,27). The number of nitrogens with zero attached hydrogens (tertiary/aromatic N) is 2. The second-order valence-corrected chi connectivity index (χ2v) is 7.71. The summed E-state index contributed by atoms with van der Waals surface area (Å²) in [5.41, 5.74) is 2.08. The Bertz CT molecular complexity index is 1180. The number of amides is 1. The minimum Gasteiger partial charge on any atom is -0.496 e. The second kappa shape index (κ2) is 8.36. The predicted molar refractivity (Wildman–Crippen MR) is 114 cm³/mol. The molecule has 4 rings (SSSR count). The number of aromatic nitrogens is 2. The number of H-pyrrole nitrogens is 1. The summed E-state index contributed by atoms with van der Waals surface area (Å²) >= 11 is 1.60. The zero-order valence-electron chi connectivity index (χ0n) is 16.0. The summed E-state index contributed by atoms with van der Waals surface area (Å²) in [5.74, 6) is 0.608. The number of nitrogens with one attached hydrogen (secondary N) is 1. The first-order valence-electron chi connectivity index (χ1n) is 9.25. The summed E-state index contributed by atoms with van der Waals surface area (Å²) in [7, 11) is 1.62. The molecule has 0 radical (unpaired) electrons. The van der Waals surface area contributed by atoms with Gasteiger partial charge in [-0.25, -0.2) is 4.79 Å². The molecular formula is C22H21N3O3S. The number of imidazole rings is 1. The Morgan fingerprint density at radius 1 is 1.07 bits per heavy atom. The highest BCUT2D eigenvalue weighted by atomic mass is 32.1. The maximum atomic E-state index is 13.3. The summed E-state index contributed by atoms with van der Waals surface area (Å²) in [5, 5.41) is 1.99. The van der Waals surface area contributed by atoms with Crippen molar-refractivity contribution in [1.82, 2.24) is 14.5 Å². The number of thiophene rings is 1. The Balaban J connectivity index is 1.63. The number of benzene rings is 2. The number of methoxy groups -OCH3 is 1. The third-order valence-corrected chi connectivity index (χ3v) is 5.67. The minimum atomic E-state index is -0.284. The van der Waals surface area contributed by atoms with Gasteiger partial charge in [-0.2, -0.15) is 0 Å². The van der Waals surface area contributed by atoms with E-state index in [1.165, 1.54) is 4.57 Å². The third kappa shape index (κ3) is 4.09. The molecule has 0 unspecified atom stereocenters. The Hall–Kier alpha value is -3.32. The van der Waals surface area contributed by atoms with Crippen LogP contribution in [0.25, 0.3) is 11.0 Å². The number of aromatic amines is 1. The van der Waals surface area contributed by atoms with Crippen LogP contribution in [0.3, 0.4) is 0 Å². The van der Waals surface area contributed by atoms with Gasteiger partial charge < -0.3 is 14.6 Å². The molecule has 0 saturated carbocycles. The molecule has 2 aromatic heterocycles. The monoisotopic (exact) mass is 407 g/mol. The molecule has 0 bridgehead atoms. The molecule has 0 aliphatic heterocycles. The highest BCUT2D eigenvalue weighted by Gasteiger charge is 2.19. The number of rotatable bonds is 7. The molecule has 1 N–H and O–H groups in total. The zero-order valence-corrected chi connectivity index (χ0v) is 16.8. The fourth-order valence-corrected chi connectivity index (χ4v) is 4.08. The Morgan fingerprint density at radius 2 is 1.86 bits per heavy atom. The van der Waals surface area contributed by atoms with E-state index in [0.29, 0.717) is 13.1 Å². The topological polar surface area (TPSA) is 67.3 Å². The Kier molecular flexibility index (Phi) is 5.48. The van der Waals surface area contributed by atoms with Gasteiger partial charge in [0.05, 0.1) is 24.7 Å². The fourth-order valence-electron chi connectivity index (χ4n) is 3.36. The molecule has 0 aliphatic carbocycles. The number of para-hydroxylation sites is 3. The maximum Gasteiger partial charge on any atom is 0.326 e. The molecule has 148 valence electrons. The number of fused-ring (bicyclic) bond motifs is 1. The van der Waals surface area contributed by atoms with Crippen molar-refractivity contribution < 1.29 is 9.53 Å². The SMILES string of the molecule is COc1ccccc1CN(Cc1cccs1)C(=O)Cn1c(=O)[nH]c2ccccc21. The summed E-state index contributed by atoms with van der Waals surface area (Å²) in [6.07, 6.45) is 0. The van der Waals surface area contributed by atoms with E-state index < -0.39 is 0 Å². The normalized spacial score (nSPS) is 10.9. The molecule has 7 heteroatoms. The molecule has 0 saturated heterocycles. The van der Waals surface area contributed by atoms with Crippen molar-refractivity contribution in [2.24, 2.45) is 0 Å². The molecule has 2 heterocycles. The lowest BCUT2D eigenvalue weighted by Gasteiger charge is -2.23. The average molecular weight is 407 g/mol. The fraction of sp³-hybridized carbons (Fsp3) is 0.182. The largest absolute Gasteiger partial charge is 0.496 e. The van der Waals surface area contributed by atoms with Crippen LogP contribution in [0.2, 0.25) is 0 Å². The van der Waals surface area contributed by atoms with Crippen molar-refractivity contribution in [1.29, 1.82) is 0 Å². The lowest BCUT2D eigenvalue weighted by Crippen LogP contribution is -2.35. The van der Waals surface area contributed by atoms with Gasteiger partial charge in [0.15, 0.2) is 0 Å². The van der Waals surface area contributed by atoms with E-state index in [1.807, 2.05) is 66.0 Å². The van der Waals surface area contributed by atoms with Crippen LogP contribution in [-0.2, 0) is 24.4 Å². The summed E-state index contributed by atoms with van der Waals surface area (Å²) < 4.78 is 6.94. The average Bonchev–Trinajstić information content (AvgIpc) is 3.36. The predicted octanol–water partition coefficient (Wildman–Crippen LogP) is 3.63. The van der Waals surface area contributed by atoms with E-state index in [9.17, 15) is 9.59 Å². The molecule has 29 heavy (non-hydrogen) atoms. The van der Waals surface area contributed by atoms with Gasteiger partial charge in [0.1, 0.15) is 12.3 Å². The van der Waals surface area contributed by atoms with Crippen LogP contribution in [0, 0.1) is 0 Å². The van der Waals surface area contributed by atoms with Crippen molar-refractivity contribution in [2.75, 3.05) is 7.11 Å². The van der Waals surface area contributed by atoms with Crippen molar-refractivity contribution in [3.8, 4) is 5.75 Å². The molecule has 2 aromatic carbocycles. The van der Waals surface area contributed by atoms with Gasteiger partial charge >= 0.3 is 5.69 Å². The zero-order chi connectivity index (χ0) is 20.2. The van der Waals surface area contributed by atoms with Crippen molar-refractivity contribution in [3.05, 3.63) is 87.0 Å². The molecule has 6 nitrogen and oxygen atoms in total. The van der Waals surface area contributed by atoms with Crippen LogP contribution < -0.4 is 10.4 Å². The maximum absolute atomic E-state index is 13.3. The first kappa shape index (κ1) is 19.0. The molecule has 0 spiro atoms. The molecule has 1 amide bonds. The highest BCUT2D eigenvalue weighted by molar-refractivity contribution is 7.09. The molecule has 0 atom stereocenters. The number of carbonyl (C=O) groups excluding carboxylic acids is 1. The van der Waals surface area contributed by atoms with E-state index in [-0.39, 0.29) is 18.1 Å². The molecular weight excluding hydrogens is 386 g/mol.